The van der Waals surface area contributed by atoms with Crippen molar-refractivity contribution in [2.75, 3.05) is 25.5 Å². The summed E-state index contributed by atoms with van der Waals surface area (Å²) in [6.45, 7) is 1.79. The predicted octanol–water partition coefficient (Wildman–Crippen LogP) is 2.00. The highest BCUT2D eigenvalue weighted by Crippen LogP contribution is 2.23. The molecular weight excluding hydrogens is 232 g/mol. The molecule has 1 amide bonds. The van der Waals surface area contributed by atoms with Crippen molar-refractivity contribution in [1.82, 2.24) is 5.32 Å². The Morgan fingerprint density at radius 3 is 2.78 bits per heavy atom. The lowest BCUT2D eigenvalue weighted by atomic mass is 10.1. The minimum Gasteiger partial charge on any atom is -0.495 e. The average Bonchev–Trinajstić information content (AvgIpc) is 2.40. The molecule has 0 atom stereocenters. The summed E-state index contributed by atoms with van der Waals surface area (Å²) in [6, 6.07) is 7.26. The van der Waals surface area contributed by atoms with Crippen LogP contribution >= 0.6 is 0 Å². The SMILES string of the molecule is COc1ccccc1NC(=O)OC1CCNCC1. The topological polar surface area (TPSA) is 59.6 Å². The van der Waals surface area contributed by atoms with Crippen LogP contribution in [0, 0.1) is 0 Å². The highest BCUT2D eigenvalue weighted by atomic mass is 16.6. The van der Waals surface area contributed by atoms with Crippen molar-refractivity contribution in [2.24, 2.45) is 0 Å². The zero-order valence-electron chi connectivity index (χ0n) is 10.4. The molecule has 1 heterocycles. The first kappa shape index (κ1) is 12.7. The molecule has 0 unspecified atom stereocenters. The van der Waals surface area contributed by atoms with Gasteiger partial charge in [0.15, 0.2) is 0 Å². The van der Waals surface area contributed by atoms with E-state index in [1.165, 1.54) is 0 Å². The van der Waals surface area contributed by atoms with Crippen LogP contribution in [-0.4, -0.2) is 32.4 Å². The van der Waals surface area contributed by atoms with Crippen LogP contribution in [0.3, 0.4) is 0 Å². The number of carbonyl (C=O) groups is 1. The number of carbonyl (C=O) groups excluding carboxylic acids is 1. The van der Waals surface area contributed by atoms with Gasteiger partial charge in [-0.25, -0.2) is 4.79 Å². The Hall–Kier alpha value is -1.75. The van der Waals surface area contributed by atoms with E-state index in [1.807, 2.05) is 12.1 Å². The minimum atomic E-state index is -0.425. The van der Waals surface area contributed by atoms with Gasteiger partial charge < -0.3 is 14.8 Å². The van der Waals surface area contributed by atoms with Crippen molar-refractivity contribution < 1.29 is 14.3 Å². The summed E-state index contributed by atoms with van der Waals surface area (Å²) < 4.78 is 10.5. The highest BCUT2D eigenvalue weighted by Gasteiger charge is 2.17. The molecule has 1 fully saturated rings. The molecule has 1 aromatic rings. The van der Waals surface area contributed by atoms with Gasteiger partial charge in [-0.15, -0.1) is 0 Å². The van der Waals surface area contributed by atoms with Gasteiger partial charge in [-0.1, -0.05) is 12.1 Å². The third-order valence-corrected chi connectivity index (χ3v) is 2.90. The Morgan fingerprint density at radius 1 is 1.33 bits per heavy atom. The second kappa shape index (κ2) is 6.26. The molecule has 2 N–H and O–H groups in total. The summed E-state index contributed by atoms with van der Waals surface area (Å²) >= 11 is 0. The molecule has 0 saturated carbocycles. The largest absolute Gasteiger partial charge is 0.495 e. The maximum Gasteiger partial charge on any atom is 0.412 e. The standard InChI is InChI=1S/C13H18N2O3/c1-17-12-5-3-2-4-11(12)15-13(16)18-10-6-8-14-9-7-10/h2-5,10,14H,6-9H2,1H3,(H,15,16). The van der Waals surface area contributed by atoms with E-state index in [0.29, 0.717) is 11.4 Å². The van der Waals surface area contributed by atoms with Crippen LogP contribution in [0.5, 0.6) is 5.75 Å². The monoisotopic (exact) mass is 250 g/mol. The first-order valence-electron chi connectivity index (χ1n) is 6.11. The Bertz CT molecular complexity index is 403. The molecule has 0 spiro atoms. The summed E-state index contributed by atoms with van der Waals surface area (Å²) in [6.07, 6.45) is 1.30. The molecule has 0 radical (unpaired) electrons. The molecule has 0 aliphatic carbocycles. The van der Waals surface area contributed by atoms with Crippen LogP contribution in [0.2, 0.25) is 0 Å². The van der Waals surface area contributed by atoms with Gasteiger partial charge in [0.05, 0.1) is 12.8 Å². The van der Waals surface area contributed by atoms with Crippen molar-refractivity contribution in [3.05, 3.63) is 24.3 Å². The van der Waals surface area contributed by atoms with Gasteiger partial charge in [0.1, 0.15) is 11.9 Å². The smallest absolute Gasteiger partial charge is 0.412 e. The van der Waals surface area contributed by atoms with Gasteiger partial charge >= 0.3 is 6.09 Å². The van der Waals surface area contributed by atoms with E-state index in [0.717, 1.165) is 25.9 Å². The zero-order valence-corrected chi connectivity index (χ0v) is 10.4. The van der Waals surface area contributed by atoms with Crippen LogP contribution in [0.15, 0.2) is 24.3 Å². The van der Waals surface area contributed by atoms with Gasteiger partial charge in [0.25, 0.3) is 0 Å². The number of hydrogen-bond acceptors (Lipinski definition) is 4. The first-order chi connectivity index (χ1) is 8.79. The summed E-state index contributed by atoms with van der Waals surface area (Å²) in [5.74, 6) is 0.625. The Labute approximate surface area is 106 Å². The molecule has 2 rings (SSSR count). The first-order valence-corrected chi connectivity index (χ1v) is 6.11. The molecule has 1 aliphatic rings. The molecule has 0 aromatic heterocycles. The summed E-state index contributed by atoms with van der Waals surface area (Å²) in [7, 11) is 1.57. The summed E-state index contributed by atoms with van der Waals surface area (Å²) in [5, 5.41) is 5.93. The lowest BCUT2D eigenvalue weighted by Gasteiger charge is -2.23. The maximum absolute atomic E-state index is 11.7. The number of amides is 1. The quantitative estimate of drug-likeness (QED) is 0.861. The summed E-state index contributed by atoms with van der Waals surface area (Å²) in [5.41, 5.74) is 0.624. The number of benzene rings is 1. The number of piperidine rings is 1. The molecule has 5 nitrogen and oxygen atoms in total. The van der Waals surface area contributed by atoms with Crippen molar-refractivity contribution >= 4 is 11.8 Å². The van der Waals surface area contributed by atoms with Crippen molar-refractivity contribution in [1.29, 1.82) is 0 Å². The van der Waals surface area contributed by atoms with Crippen molar-refractivity contribution in [3.63, 3.8) is 0 Å². The Kier molecular flexibility index (Phi) is 4.41. The number of ether oxygens (including phenoxy) is 2. The van der Waals surface area contributed by atoms with Crippen LogP contribution < -0.4 is 15.4 Å². The number of anilines is 1. The van der Waals surface area contributed by atoms with Crippen LogP contribution in [0.1, 0.15) is 12.8 Å². The number of rotatable bonds is 3. The van der Waals surface area contributed by atoms with E-state index in [-0.39, 0.29) is 6.10 Å². The fraction of sp³-hybridized carbons (Fsp3) is 0.462. The predicted molar refractivity (Wildman–Crippen MR) is 69.0 cm³/mol. The molecule has 5 heteroatoms. The number of methoxy groups -OCH3 is 1. The summed E-state index contributed by atoms with van der Waals surface area (Å²) in [4.78, 5) is 11.7. The van der Waals surface area contributed by atoms with Gasteiger partial charge in [0.2, 0.25) is 0 Å². The Balaban J connectivity index is 1.90. The van der Waals surface area contributed by atoms with Gasteiger partial charge in [-0.2, -0.15) is 0 Å². The third kappa shape index (κ3) is 3.37. The number of nitrogens with one attached hydrogen (secondary N) is 2. The molecule has 1 aliphatic heterocycles. The maximum atomic E-state index is 11.7. The average molecular weight is 250 g/mol. The number of para-hydroxylation sites is 2. The molecule has 0 bridgehead atoms. The van der Waals surface area contributed by atoms with E-state index in [2.05, 4.69) is 10.6 Å². The van der Waals surface area contributed by atoms with Gasteiger partial charge in [0, 0.05) is 0 Å². The molecule has 18 heavy (non-hydrogen) atoms. The minimum absolute atomic E-state index is 0.000886. The molecule has 1 aromatic carbocycles. The Morgan fingerprint density at radius 2 is 2.06 bits per heavy atom. The van der Waals surface area contributed by atoms with Crippen molar-refractivity contribution in [2.45, 2.75) is 18.9 Å². The fourth-order valence-electron chi connectivity index (χ4n) is 1.95. The van der Waals surface area contributed by atoms with E-state index in [9.17, 15) is 4.79 Å². The van der Waals surface area contributed by atoms with Crippen LogP contribution in [0.4, 0.5) is 10.5 Å². The lowest BCUT2D eigenvalue weighted by Crippen LogP contribution is -2.34. The second-order valence-electron chi connectivity index (χ2n) is 4.18. The van der Waals surface area contributed by atoms with E-state index in [4.69, 9.17) is 9.47 Å². The zero-order chi connectivity index (χ0) is 12.8. The third-order valence-electron chi connectivity index (χ3n) is 2.90. The number of hydrogen-bond donors (Lipinski definition) is 2. The van der Waals surface area contributed by atoms with E-state index >= 15 is 0 Å². The van der Waals surface area contributed by atoms with Gasteiger partial charge in [-0.3, -0.25) is 5.32 Å². The molecule has 98 valence electrons. The normalized spacial score (nSPS) is 16.1. The van der Waals surface area contributed by atoms with Gasteiger partial charge in [-0.05, 0) is 38.1 Å². The van der Waals surface area contributed by atoms with E-state index < -0.39 is 6.09 Å². The fourth-order valence-corrected chi connectivity index (χ4v) is 1.95. The molecule has 1 saturated heterocycles. The van der Waals surface area contributed by atoms with Crippen LogP contribution in [0.25, 0.3) is 0 Å². The van der Waals surface area contributed by atoms with Crippen molar-refractivity contribution in [3.8, 4) is 5.75 Å². The highest BCUT2D eigenvalue weighted by molar-refractivity contribution is 5.86. The van der Waals surface area contributed by atoms with Crippen LogP contribution in [-0.2, 0) is 4.74 Å². The second-order valence-corrected chi connectivity index (χ2v) is 4.18. The molecular formula is C13H18N2O3. The van der Waals surface area contributed by atoms with E-state index in [1.54, 1.807) is 19.2 Å². The lowest BCUT2D eigenvalue weighted by molar-refractivity contribution is 0.0908.